The molecule has 622 valence electrons. The van der Waals surface area contributed by atoms with Crippen molar-refractivity contribution in [3.63, 3.8) is 0 Å². The molecule has 0 spiro atoms. The van der Waals surface area contributed by atoms with Crippen molar-refractivity contribution in [1.29, 1.82) is 0 Å². The maximum atomic E-state index is 13.0. The molecule has 0 aliphatic rings. The van der Waals surface area contributed by atoms with Crippen LogP contribution in [0, 0.1) is 0 Å². The lowest BCUT2D eigenvalue weighted by molar-refractivity contribution is -0.161. The molecule has 16 nitrogen and oxygen atoms in total. The second-order valence-corrected chi connectivity index (χ2v) is 32.3. The minimum Gasteiger partial charge on any atom is -0.463 e. The third-order valence-corrected chi connectivity index (χ3v) is 20.7. The zero-order valence-electron chi connectivity index (χ0n) is 68.3. The molecule has 0 aliphatic carbocycles. The molecule has 0 aromatic heterocycles. The molecule has 107 heavy (non-hydrogen) atoms. The molecule has 0 heterocycles. The standard InChI is InChI=1S/C89H160O16P2/c1-4-7-10-13-16-19-22-25-28-30-32-34-36-38-40-41-43-45-46-48-50-52-55-57-60-63-66-69-72-75-87(92)99-78-84(90)79-101-106(95,96)102-80-85(91)81-103-107(97,98)104-83-86(105-89(94)77-74-71-68-65-62-59-54-27-24-21-18-15-12-9-6-3)82-100-88(93)76-73-70-67-64-61-58-56-53-51-49-47-44-42-39-37-35-33-31-29-26-23-20-17-14-11-8-5-2/h16-17,19-20,25-26,28-29,32-35,38-40,42,84-86,90-91H,4-15,18,21-24,27,30-31,36-37,41,43-83H2,1-3H3,(H,95,96)(H,97,98)/b19-16-,20-17-,28-25-,29-26-,34-32-,35-33-,40-38-,42-39-. The Morgan fingerprint density at radius 3 is 0.757 bits per heavy atom. The predicted molar refractivity (Wildman–Crippen MR) is 445 cm³/mol. The zero-order valence-corrected chi connectivity index (χ0v) is 70.1. The molecule has 0 aliphatic heterocycles. The van der Waals surface area contributed by atoms with Gasteiger partial charge in [0.2, 0.25) is 0 Å². The van der Waals surface area contributed by atoms with Crippen molar-refractivity contribution in [1.82, 2.24) is 0 Å². The van der Waals surface area contributed by atoms with Gasteiger partial charge in [-0.15, -0.1) is 0 Å². The lowest BCUT2D eigenvalue weighted by atomic mass is 10.0. The van der Waals surface area contributed by atoms with E-state index in [1.807, 2.05) is 0 Å². The lowest BCUT2D eigenvalue weighted by Crippen LogP contribution is -2.30. The van der Waals surface area contributed by atoms with Gasteiger partial charge in [-0.3, -0.25) is 32.5 Å². The summed E-state index contributed by atoms with van der Waals surface area (Å²) in [5.74, 6) is -1.56. The average molecular weight is 1550 g/mol. The van der Waals surface area contributed by atoms with Crippen LogP contribution < -0.4 is 0 Å². The summed E-state index contributed by atoms with van der Waals surface area (Å²) in [7, 11) is -9.79. The first-order valence-corrected chi connectivity index (χ1v) is 46.5. The van der Waals surface area contributed by atoms with E-state index in [4.69, 9.17) is 32.3 Å². The topological polar surface area (TPSA) is 231 Å². The predicted octanol–water partition coefficient (Wildman–Crippen LogP) is 26.1. The van der Waals surface area contributed by atoms with Crippen LogP contribution in [0.4, 0.5) is 0 Å². The summed E-state index contributed by atoms with van der Waals surface area (Å²) in [4.78, 5) is 58.8. The van der Waals surface area contributed by atoms with E-state index in [2.05, 4.69) is 118 Å². The number of phosphoric acid groups is 2. The van der Waals surface area contributed by atoms with Crippen LogP contribution in [0.25, 0.3) is 0 Å². The largest absolute Gasteiger partial charge is 0.472 e. The Morgan fingerprint density at radius 1 is 0.262 bits per heavy atom. The quantitative estimate of drug-likeness (QED) is 0.0146. The van der Waals surface area contributed by atoms with E-state index in [-0.39, 0.29) is 19.3 Å². The van der Waals surface area contributed by atoms with Gasteiger partial charge < -0.3 is 34.2 Å². The summed E-state index contributed by atoms with van der Waals surface area (Å²) < 4.78 is 61.3. The van der Waals surface area contributed by atoms with Crippen LogP contribution >= 0.6 is 15.6 Å². The van der Waals surface area contributed by atoms with Gasteiger partial charge in [-0.05, 0) is 109 Å². The van der Waals surface area contributed by atoms with Crippen molar-refractivity contribution in [3.8, 4) is 0 Å². The molecule has 0 radical (unpaired) electrons. The summed E-state index contributed by atoms with van der Waals surface area (Å²) >= 11 is 0. The van der Waals surface area contributed by atoms with Gasteiger partial charge in [-0.2, -0.15) is 0 Å². The maximum absolute atomic E-state index is 13.0. The second kappa shape index (κ2) is 81.9. The molecule has 4 N–H and O–H groups in total. The first-order chi connectivity index (χ1) is 52.2. The Balaban J connectivity index is 4.50. The number of ether oxygens (including phenoxy) is 3. The molecule has 0 saturated heterocycles. The number of esters is 3. The number of carbonyl (C=O) groups excluding carboxylic acids is 3. The van der Waals surface area contributed by atoms with Crippen molar-refractivity contribution >= 4 is 33.6 Å². The van der Waals surface area contributed by atoms with Crippen LogP contribution in [0.5, 0.6) is 0 Å². The van der Waals surface area contributed by atoms with Gasteiger partial charge in [0.1, 0.15) is 25.4 Å². The van der Waals surface area contributed by atoms with E-state index in [0.29, 0.717) is 19.3 Å². The summed E-state index contributed by atoms with van der Waals surface area (Å²) in [6, 6.07) is 0. The van der Waals surface area contributed by atoms with Crippen molar-refractivity contribution in [2.45, 2.75) is 411 Å². The molecule has 18 heteroatoms. The molecule has 5 unspecified atom stereocenters. The first-order valence-electron chi connectivity index (χ1n) is 43.5. The van der Waals surface area contributed by atoms with Crippen LogP contribution in [0.1, 0.15) is 393 Å². The molecular weight excluding hydrogens is 1390 g/mol. The second-order valence-electron chi connectivity index (χ2n) is 29.3. The number of hydrogen-bond donors (Lipinski definition) is 4. The number of aliphatic hydroxyl groups excluding tert-OH is 2. The zero-order chi connectivity index (χ0) is 78.0. The van der Waals surface area contributed by atoms with Crippen LogP contribution in [-0.4, -0.2) is 95.9 Å². The van der Waals surface area contributed by atoms with Crippen LogP contribution in [0.15, 0.2) is 97.2 Å². The normalized spacial score (nSPS) is 14.3. The summed E-state index contributed by atoms with van der Waals surface area (Å²) in [5, 5.41) is 20.7. The SMILES string of the molecule is CCCCC/C=C\C/C=C\C/C=C\C/C=C\CCCCCCCCCCCCCCCC(=O)OCC(O)COP(=O)(O)OCC(O)COP(=O)(O)OCC(COC(=O)CCCCCCCCCCCCC/C=C\C/C=C\C/C=C\C/C=C\CCCCC)OC(=O)CCCCCCCCCCCCCCCCC. The van der Waals surface area contributed by atoms with E-state index in [9.17, 15) is 43.5 Å². The average Bonchev–Trinajstić information content (AvgIpc) is 0.914. The molecule has 0 fully saturated rings. The monoisotopic (exact) mass is 1550 g/mol. The number of carbonyl (C=O) groups is 3. The Morgan fingerprint density at radius 2 is 0.467 bits per heavy atom. The highest BCUT2D eigenvalue weighted by atomic mass is 31.2. The Kier molecular flexibility index (Phi) is 79.2. The molecule has 0 saturated carbocycles. The first kappa shape index (κ1) is 103. The fourth-order valence-corrected chi connectivity index (χ4v) is 13.7. The highest BCUT2D eigenvalue weighted by Gasteiger charge is 2.29. The number of aliphatic hydroxyl groups is 2. The van der Waals surface area contributed by atoms with E-state index in [1.54, 1.807) is 0 Å². The minimum absolute atomic E-state index is 0.109. The Labute approximate surface area is 654 Å². The number of hydrogen-bond acceptors (Lipinski definition) is 14. The maximum Gasteiger partial charge on any atom is 0.472 e. The Bertz CT molecular complexity index is 2330. The molecule has 0 aromatic carbocycles. The van der Waals surface area contributed by atoms with Crippen LogP contribution in [-0.2, 0) is 55.8 Å². The van der Waals surface area contributed by atoms with E-state index in [0.717, 1.165) is 122 Å². The number of rotatable bonds is 83. The molecule has 5 atom stereocenters. The molecule has 0 rings (SSSR count). The highest BCUT2D eigenvalue weighted by Crippen LogP contribution is 2.45. The molecule has 0 bridgehead atoms. The van der Waals surface area contributed by atoms with E-state index in [1.165, 1.54) is 212 Å². The number of allylic oxidation sites excluding steroid dienone is 16. The van der Waals surface area contributed by atoms with Gasteiger partial charge in [0.15, 0.2) is 6.10 Å². The van der Waals surface area contributed by atoms with Gasteiger partial charge in [-0.25, -0.2) is 9.13 Å². The smallest absolute Gasteiger partial charge is 0.463 e. The summed E-state index contributed by atoms with van der Waals surface area (Å²) in [6.45, 7) is 2.69. The highest BCUT2D eigenvalue weighted by molar-refractivity contribution is 7.47. The Hall–Kier alpha value is -3.53. The van der Waals surface area contributed by atoms with Gasteiger partial charge in [0.05, 0.1) is 26.4 Å². The summed E-state index contributed by atoms with van der Waals surface area (Å²) in [5.41, 5.74) is 0. The van der Waals surface area contributed by atoms with Crippen molar-refractivity contribution < 1.29 is 75.8 Å². The van der Waals surface area contributed by atoms with E-state index >= 15 is 0 Å². The fraction of sp³-hybridized carbons (Fsp3) is 0.787. The number of phosphoric ester groups is 2. The van der Waals surface area contributed by atoms with Crippen LogP contribution in [0.3, 0.4) is 0 Å². The number of unbranched alkanes of at least 4 members (excludes halogenated alkanes) is 44. The van der Waals surface area contributed by atoms with Crippen LogP contribution in [0.2, 0.25) is 0 Å². The minimum atomic E-state index is -4.93. The van der Waals surface area contributed by atoms with Gasteiger partial charge >= 0.3 is 33.6 Å². The fourth-order valence-electron chi connectivity index (χ4n) is 12.1. The molecule has 0 amide bonds. The van der Waals surface area contributed by atoms with Crippen molar-refractivity contribution in [3.05, 3.63) is 97.2 Å². The van der Waals surface area contributed by atoms with Gasteiger partial charge in [-0.1, -0.05) is 362 Å². The molecule has 0 aromatic rings. The third-order valence-electron chi connectivity index (χ3n) is 18.8. The lowest BCUT2D eigenvalue weighted by Gasteiger charge is -2.21. The molecular formula is C89H160O16P2. The van der Waals surface area contributed by atoms with Gasteiger partial charge in [0.25, 0.3) is 0 Å². The summed E-state index contributed by atoms with van der Waals surface area (Å²) in [6.07, 6.45) is 95.9. The van der Waals surface area contributed by atoms with Crippen molar-refractivity contribution in [2.75, 3.05) is 39.6 Å². The third kappa shape index (κ3) is 83.2. The van der Waals surface area contributed by atoms with Gasteiger partial charge in [0, 0.05) is 19.3 Å². The van der Waals surface area contributed by atoms with Crippen molar-refractivity contribution in [2.24, 2.45) is 0 Å². The van der Waals surface area contributed by atoms with E-state index < -0.39 is 91.5 Å².